The number of carbonyl (C=O) groups excluding carboxylic acids is 1. The fraction of sp³-hybridized carbons (Fsp3) is 0.238. The van der Waals surface area contributed by atoms with Gasteiger partial charge in [-0.15, -0.1) is 0 Å². The lowest BCUT2D eigenvalue weighted by Gasteiger charge is -2.29. The largest absolute Gasteiger partial charge is 0.383 e. The number of sulfone groups is 1. The Morgan fingerprint density at radius 2 is 1.78 bits per heavy atom. The Hall–Kier alpha value is -3.73. The van der Waals surface area contributed by atoms with Crippen LogP contribution in [0.2, 0.25) is 0 Å². The maximum atomic E-state index is 12.4. The fourth-order valence-electron chi connectivity index (χ4n) is 3.88. The molecule has 1 aliphatic heterocycles. The minimum atomic E-state index is -3.09. The Kier molecular flexibility index (Phi) is 4.70. The molecule has 0 bridgehead atoms. The van der Waals surface area contributed by atoms with E-state index in [-0.39, 0.29) is 41.8 Å². The molecule has 5 rings (SSSR count). The second-order valence-corrected chi connectivity index (χ2v) is 10.00. The van der Waals surface area contributed by atoms with Gasteiger partial charge in [0.2, 0.25) is 0 Å². The maximum absolute atomic E-state index is 12.4. The zero-order valence-electron chi connectivity index (χ0n) is 17.3. The van der Waals surface area contributed by atoms with Gasteiger partial charge < -0.3 is 10.6 Å². The number of aromatic nitrogens is 5. The van der Waals surface area contributed by atoms with Crippen molar-refractivity contribution in [2.24, 2.45) is 0 Å². The van der Waals surface area contributed by atoms with Crippen LogP contribution in [0.5, 0.6) is 0 Å². The number of nitrogen functional groups attached to an aromatic ring is 1. The third-order valence-corrected chi connectivity index (χ3v) is 7.18. The lowest BCUT2D eigenvalue weighted by atomic mass is 10.1. The van der Waals surface area contributed by atoms with E-state index in [1.165, 1.54) is 11.4 Å². The predicted octanol–water partition coefficient (Wildman–Crippen LogP) is 1.60. The van der Waals surface area contributed by atoms with Gasteiger partial charge in [-0.1, -0.05) is 18.2 Å². The summed E-state index contributed by atoms with van der Waals surface area (Å²) < 4.78 is 27.0. The molecular weight excluding hydrogens is 430 g/mol. The molecule has 10 nitrogen and oxygen atoms in total. The number of benzene rings is 1. The highest BCUT2D eigenvalue weighted by molar-refractivity contribution is 7.91. The number of anilines is 2. The lowest BCUT2D eigenvalue weighted by Crippen LogP contribution is -2.41. The highest BCUT2D eigenvalue weighted by Gasteiger charge is 2.28. The van der Waals surface area contributed by atoms with E-state index in [2.05, 4.69) is 10.2 Å². The number of carbonyl (C=O) groups is 1. The summed E-state index contributed by atoms with van der Waals surface area (Å²) in [6.45, 7) is 1.92. The molecule has 3 aromatic heterocycles. The van der Waals surface area contributed by atoms with Crippen LogP contribution in [0.25, 0.3) is 22.5 Å². The number of para-hydroxylation sites is 1. The van der Waals surface area contributed by atoms with Crippen molar-refractivity contribution in [1.82, 2.24) is 24.4 Å². The van der Waals surface area contributed by atoms with Gasteiger partial charge in [-0.3, -0.25) is 4.79 Å². The first-order valence-corrected chi connectivity index (χ1v) is 11.9. The molecule has 0 spiro atoms. The molecule has 0 aliphatic carbocycles. The Balaban J connectivity index is 1.63. The van der Waals surface area contributed by atoms with E-state index in [1.807, 2.05) is 36.5 Å². The Morgan fingerprint density at radius 1 is 1.06 bits per heavy atom. The summed E-state index contributed by atoms with van der Waals surface area (Å²) in [6, 6.07) is 9.70. The third kappa shape index (κ3) is 3.40. The van der Waals surface area contributed by atoms with E-state index in [9.17, 15) is 13.2 Å². The van der Waals surface area contributed by atoms with Gasteiger partial charge in [0.15, 0.2) is 21.3 Å². The van der Waals surface area contributed by atoms with Crippen LogP contribution in [0.4, 0.5) is 11.6 Å². The van der Waals surface area contributed by atoms with Crippen LogP contribution in [0, 0.1) is 0 Å². The van der Waals surface area contributed by atoms with E-state index in [0.717, 1.165) is 11.3 Å². The van der Waals surface area contributed by atoms with E-state index < -0.39 is 9.84 Å². The van der Waals surface area contributed by atoms with Crippen LogP contribution in [0.15, 0.2) is 48.9 Å². The van der Waals surface area contributed by atoms with Crippen LogP contribution in [0.1, 0.15) is 17.3 Å². The molecule has 164 valence electrons. The monoisotopic (exact) mass is 451 g/mol. The molecule has 1 aliphatic rings. The summed E-state index contributed by atoms with van der Waals surface area (Å²) in [6.07, 6.45) is 5.23. The average Bonchev–Trinajstić information content (AvgIpc) is 3.41. The van der Waals surface area contributed by atoms with Gasteiger partial charge in [0.1, 0.15) is 17.2 Å². The zero-order chi connectivity index (χ0) is 22.5. The van der Waals surface area contributed by atoms with Gasteiger partial charge in [0.05, 0.1) is 29.6 Å². The van der Waals surface area contributed by atoms with Crippen molar-refractivity contribution in [1.29, 1.82) is 0 Å². The summed E-state index contributed by atoms with van der Waals surface area (Å²) >= 11 is 0. The fourth-order valence-corrected chi connectivity index (χ4v) is 5.08. The molecule has 2 N–H and O–H groups in total. The van der Waals surface area contributed by atoms with Crippen LogP contribution >= 0.6 is 0 Å². The molecule has 1 fully saturated rings. The molecule has 4 aromatic rings. The molecular formula is C21H21N7O3S. The number of fused-ring (bicyclic) bond motifs is 1. The Bertz CT molecular complexity index is 1430. The molecule has 0 amide bonds. The molecule has 32 heavy (non-hydrogen) atoms. The summed E-state index contributed by atoms with van der Waals surface area (Å²) in [4.78, 5) is 19.0. The van der Waals surface area contributed by atoms with Gasteiger partial charge in [-0.05, 0) is 19.1 Å². The Labute approximate surface area is 184 Å². The van der Waals surface area contributed by atoms with Gasteiger partial charge >= 0.3 is 0 Å². The second kappa shape index (κ2) is 7.45. The summed E-state index contributed by atoms with van der Waals surface area (Å²) in [5.74, 6) is 0.316. The summed E-state index contributed by atoms with van der Waals surface area (Å²) in [5.41, 5.74) is 9.47. The predicted molar refractivity (Wildman–Crippen MR) is 121 cm³/mol. The molecule has 1 saturated heterocycles. The van der Waals surface area contributed by atoms with Crippen molar-refractivity contribution >= 4 is 32.9 Å². The van der Waals surface area contributed by atoms with Crippen molar-refractivity contribution in [3.8, 4) is 16.8 Å². The number of ketones is 1. The molecule has 4 heterocycles. The van der Waals surface area contributed by atoms with Crippen molar-refractivity contribution in [2.45, 2.75) is 6.92 Å². The van der Waals surface area contributed by atoms with Gasteiger partial charge in [0.25, 0.3) is 0 Å². The van der Waals surface area contributed by atoms with Crippen LogP contribution < -0.4 is 10.6 Å². The van der Waals surface area contributed by atoms with Crippen LogP contribution in [0.3, 0.4) is 0 Å². The van der Waals surface area contributed by atoms with E-state index in [1.54, 1.807) is 22.0 Å². The van der Waals surface area contributed by atoms with Crippen molar-refractivity contribution in [3.05, 3.63) is 54.5 Å². The van der Waals surface area contributed by atoms with Crippen LogP contribution in [-0.2, 0) is 9.84 Å². The number of nitrogens with zero attached hydrogens (tertiary/aromatic N) is 6. The zero-order valence-corrected chi connectivity index (χ0v) is 18.2. The van der Waals surface area contributed by atoms with E-state index >= 15 is 0 Å². The van der Waals surface area contributed by atoms with Gasteiger partial charge in [-0.2, -0.15) is 14.7 Å². The number of Topliss-reactive ketones (excluding diaryl/α,β-unsaturated/α-hetero) is 1. The molecule has 0 saturated carbocycles. The maximum Gasteiger partial charge on any atom is 0.167 e. The number of rotatable bonds is 4. The Morgan fingerprint density at radius 3 is 2.47 bits per heavy atom. The number of hydrogen-bond donors (Lipinski definition) is 1. The van der Waals surface area contributed by atoms with Crippen molar-refractivity contribution in [2.75, 3.05) is 35.2 Å². The summed E-state index contributed by atoms with van der Waals surface area (Å²) in [7, 11) is -3.09. The second-order valence-electron chi connectivity index (χ2n) is 7.69. The highest BCUT2D eigenvalue weighted by Crippen LogP contribution is 2.31. The molecule has 0 atom stereocenters. The van der Waals surface area contributed by atoms with Crippen molar-refractivity contribution in [3.63, 3.8) is 0 Å². The normalized spacial score (nSPS) is 15.8. The van der Waals surface area contributed by atoms with Gasteiger partial charge in [0, 0.05) is 30.4 Å². The SMILES string of the molecule is CC(=O)c1c(N2CCS(=O)(=O)CC2)nc2c(-c3cnn(-c4ccccc4)c3)cnn2c1N. The highest BCUT2D eigenvalue weighted by atomic mass is 32.2. The average molecular weight is 452 g/mol. The molecule has 0 unspecified atom stereocenters. The number of nitrogens with two attached hydrogens (primary N) is 1. The topological polar surface area (TPSA) is 128 Å². The first-order chi connectivity index (χ1) is 15.3. The quantitative estimate of drug-likeness (QED) is 0.463. The number of hydrogen-bond acceptors (Lipinski definition) is 8. The lowest BCUT2D eigenvalue weighted by molar-refractivity contribution is 0.101. The van der Waals surface area contributed by atoms with Gasteiger partial charge in [-0.25, -0.2) is 18.1 Å². The van der Waals surface area contributed by atoms with Crippen molar-refractivity contribution < 1.29 is 13.2 Å². The third-order valence-electron chi connectivity index (χ3n) is 5.57. The minimum Gasteiger partial charge on any atom is -0.383 e. The van der Waals surface area contributed by atoms with Crippen LogP contribution in [-0.4, -0.2) is 63.2 Å². The van der Waals surface area contributed by atoms with E-state index in [4.69, 9.17) is 10.7 Å². The minimum absolute atomic E-state index is 0.00702. The molecule has 11 heteroatoms. The molecule has 0 radical (unpaired) electrons. The smallest absolute Gasteiger partial charge is 0.167 e. The first kappa shape index (κ1) is 20.2. The standard InChI is InChI=1S/C21H21N7O3S/c1-14(29)18-19(22)28-20(25-21(18)26-7-9-32(30,31)10-8-26)17(12-24-28)15-11-23-27(13-15)16-5-3-2-4-6-16/h2-6,11-13H,7-10,22H2,1H3. The van der Waals surface area contributed by atoms with E-state index in [0.29, 0.717) is 17.0 Å². The molecule has 1 aromatic carbocycles. The summed E-state index contributed by atoms with van der Waals surface area (Å²) in [5, 5.41) is 8.79. The first-order valence-electron chi connectivity index (χ1n) is 10.1.